The quantitative estimate of drug-likeness (QED) is 0.818. The summed E-state index contributed by atoms with van der Waals surface area (Å²) < 4.78 is 5.65. The van der Waals surface area contributed by atoms with Crippen LogP contribution in [0.25, 0.3) is 0 Å². The van der Waals surface area contributed by atoms with Crippen molar-refractivity contribution in [3.8, 4) is 5.75 Å². The van der Waals surface area contributed by atoms with Gasteiger partial charge < -0.3 is 15.2 Å². The zero-order chi connectivity index (χ0) is 11.5. The van der Waals surface area contributed by atoms with Gasteiger partial charge in [-0.2, -0.15) is 0 Å². The van der Waals surface area contributed by atoms with Crippen LogP contribution >= 0.6 is 0 Å². The number of nitrogens with one attached hydrogen (secondary N) is 1. The second kappa shape index (κ2) is 4.85. The van der Waals surface area contributed by atoms with Crippen molar-refractivity contribution in [2.45, 2.75) is 38.5 Å². The molecule has 0 aromatic heterocycles. The van der Waals surface area contributed by atoms with Gasteiger partial charge in [-0.3, -0.25) is 0 Å². The van der Waals surface area contributed by atoms with Gasteiger partial charge in [0.1, 0.15) is 5.75 Å². The first kappa shape index (κ1) is 11.4. The Labute approximate surface area is 96.4 Å². The molecule has 0 bridgehead atoms. The highest BCUT2D eigenvalue weighted by molar-refractivity contribution is 5.31. The molecule has 1 fully saturated rings. The summed E-state index contributed by atoms with van der Waals surface area (Å²) >= 11 is 0. The van der Waals surface area contributed by atoms with E-state index in [0.717, 1.165) is 12.2 Å². The number of rotatable bonds is 3. The van der Waals surface area contributed by atoms with Crippen LogP contribution in [0.15, 0.2) is 24.3 Å². The van der Waals surface area contributed by atoms with Crippen molar-refractivity contribution in [1.82, 2.24) is 5.32 Å². The average molecular weight is 221 g/mol. The van der Waals surface area contributed by atoms with Crippen LogP contribution in [0.5, 0.6) is 5.75 Å². The van der Waals surface area contributed by atoms with Crippen molar-refractivity contribution in [1.29, 1.82) is 0 Å². The number of hydrogen-bond donors (Lipinski definition) is 2. The second-order valence-corrected chi connectivity index (χ2v) is 4.59. The van der Waals surface area contributed by atoms with Crippen LogP contribution in [0.1, 0.15) is 31.9 Å². The number of ether oxygens (including phenoxy) is 1. The summed E-state index contributed by atoms with van der Waals surface area (Å²) in [6.07, 6.45) is 0.752. The van der Waals surface area contributed by atoms with Crippen molar-refractivity contribution < 1.29 is 9.84 Å². The van der Waals surface area contributed by atoms with Crippen LogP contribution in [0, 0.1) is 0 Å². The summed E-state index contributed by atoms with van der Waals surface area (Å²) in [5.41, 5.74) is 1.19. The predicted molar refractivity (Wildman–Crippen MR) is 63.6 cm³/mol. The summed E-state index contributed by atoms with van der Waals surface area (Å²) in [6, 6.07) is 8.35. The maximum Gasteiger partial charge on any atom is 0.120 e. The van der Waals surface area contributed by atoms with Crippen LogP contribution in [-0.4, -0.2) is 23.9 Å². The highest BCUT2D eigenvalue weighted by Gasteiger charge is 2.23. The fourth-order valence-corrected chi connectivity index (χ4v) is 2.05. The van der Waals surface area contributed by atoms with Gasteiger partial charge >= 0.3 is 0 Å². The zero-order valence-electron chi connectivity index (χ0n) is 9.81. The SMILES string of the molecule is CC(C)Oc1cccc(C2CC(O)CN2)c1. The molecular weight excluding hydrogens is 202 g/mol. The molecule has 1 saturated heterocycles. The summed E-state index contributed by atoms with van der Waals surface area (Å²) in [5, 5.41) is 12.8. The number of aliphatic hydroxyl groups excluding tert-OH is 1. The predicted octanol–water partition coefficient (Wildman–Crippen LogP) is 1.87. The van der Waals surface area contributed by atoms with Crippen molar-refractivity contribution in [2.24, 2.45) is 0 Å². The molecule has 16 heavy (non-hydrogen) atoms. The van der Waals surface area contributed by atoms with Gasteiger partial charge in [-0.15, -0.1) is 0 Å². The van der Waals surface area contributed by atoms with E-state index in [4.69, 9.17) is 4.74 Å². The van der Waals surface area contributed by atoms with E-state index in [0.29, 0.717) is 6.54 Å². The molecule has 0 spiro atoms. The number of hydrogen-bond acceptors (Lipinski definition) is 3. The molecule has 1 aromatic rings. The Morgan fingerprint density at radius 2 is 2.25 bits per heavy atom. The van der Waals surface area contributed by atoms with Gasteiger partial charge in [-0.1, -0.05) is 12.1 Å². The third kappa shape index (κ3) is 2.74. The Bertz CT molecular complexity index is 352. The van der Waals surface area contributed by atoms with Crippen LogP contribution in [0.3, 0.4) is 0 Å². The minimum atomic E-state index is -0.223. The van der Waals surface area contributed by atoms with Gasteiger partial charge in [0.25, 0.3) is 0 Å². The Kier molecular flexibility index (Phi) is 3.46. The Balaban J connectivity index is 2.09. The van der Waals surface area contributed by atoms with Gasteiger partial charge in [0.05, 0.1) is 12.2 Å². The molecule has 2 rings (SSSR count). The van der Waals surface area contributed by atoms with E-state index in [2.05, 4.69) is 17.4 Å². The fourth-order valence-electron chi connectivity index (χ4n) is 2.05. The van der Waals surface area contributed by atoms with Crippen LogP contribution in [0.2, 0.25) is 0 Å². The second-order valence-electron chi connectivity index (χ2n) is 4.59. The van der Waals surface area contributed by atoms with E-state index >= 15 is 0 Å². The molecule has 1 heterocycles. The Morgan fingerprint density at radius 3 is 2.88 bits per heavy atom. The first-order valence-electron chi connectivity index (χ1n) is 5.83. The van der Waals surface area contributed by atoms with Crippen molar-refractivity contribution in [3.63, 3.8) is 0 Å². The molecule has 3 nitrogen and oxygen atoms in total. The van der Waals surface area contributed by atoms with E-state index in [-0.39, 0.29) is 18.2 Å². The molecular formula is C13H19NO2. The molecule has 2 N–H and O–H groups in total. The highest BCUT2D eigenvalue weighted by atomic mass is 16.5. The molecule has 0 radical (unpaired) electrons. The normalized spacial score (nSPS) is 25.0. The molecule has 0 amide bonds. The van der Waals surface area contributed by atoms with E-state index in [9.17, 15) is 5.11 Å². The molecule has 1 aromatic carbocycles. The van der Waals surface area contributed by atoms with Crippen molar-refractivity contribution >= 4 is 0 Å². The summed E-state index contributed by atoms with van der Waals surface area (Å²) in [5.74, 6) is 0.899. The monoisotopic (exact) mass is 221 g/mol. The van der Waals surface area contributed by atoms with Gasteiger partial charge in [0, 0.05) is 12.6 Å². The average Bonchev–Trinajstić information content (AvgIpc) is 2.64. The lowest BCUT2D eigenvalue weighted by Crippen LogP contribution is -2.15. The van der Waals surface area contributed by atoms with Gasteiger partial charge in [0.15, 0.2) is 0 Å². The summed E-state index contributed by atoms with van der Waals surface area (Å²) in [6.45, 7) is 4.72. The number of aliphatic hydroxyl groups is 1. The molecule has 0 aliphatic carbocycles. The standard InChI is InChI=1S/C13H19NO2/c1-9(2)16-12-5-3-4-10(6-12)13-7-11(15)8-14-13/h3-6,9,11,13-15H,7-8H2,1-2H3. The first-order chi connectivity index (χ1) is 7.65. The minimum Gasteiger partial charge on any atom is -0.491 e. The molecule has 0 saturated carbocycles. The first-order valence-corrected chi connectivity index (χ1v) is 5.83. The van der Waals surface area contributed by atoms with E-state index < -0.39 is 0 Å². The van der Waals surface area contributed by atoms with Crippen molar-refractivity contribution in [2.75, 3.05) is 6.54 Å². The topological polar surface area (TPSA) is 41.5 Å². The van der Waals surface area contributed by atoms with Crippen molar-refractivity contribution in [3.05, 3.63) is 29.8 Å². The maximum absolute atomic E-state index is 9.48. The van der Waals surface area contributed by atoms with Crippen LogP contribution < -0.4 is 10.1 Å². The molecule has 88 valence electrons. The molecule has 1 aliphatic heterocycles. The van der Waals surface area contributed by atoms with E-state index in [1.807, 2.05) is 26.0 Å². The summed E-state index contributed by atoms with van der Waals surface area (Å²) in [7, 11) is 0. The lowest BCUT2D eigenvalue weighted by Gasteiger charge is -2.14. The number of β-amino-alcohol motifs (C(OH)–C–C–N with tert-alkyl or cyclic N) is 1. The largest absolute Gasteiger partial charge is 0.491 e. The van der Waals surface area contributed by atoms with Gasteiger partial charge in [-0.25, -0.2) is 0 Å². The van der Waals surface area contributed by atoms with E-state index in [1.54, 1.807) is 0 Å². The lowest BCUT2D eigenvalue weighted by molar-refractivity contribution is 0.193. The zero-order valence-corrected chi connectivity index (χ0v) is 9.81. The fraction of sp³-hybridized carbons (Fsp3) is 0.538. The highest BCUT2D eigenvalue weighted by Crippen LogP contribution is 2.26. The van der Waals surface area contributed by atoms with Gasteiger partial charge in [-0.05, 0) is 38.0 Å². The van der Waals surface area contributed by atoms with Gasteiger partial charge in [0.2, 0.25) is 0 Å². The summed E-state index contributed by atoms with van der Waals surface area (Å²) in [4.78, 5) is 0. The Hall–Kier alpha value is -1.06. The smallest absolute Gasteiger partial charge is 0.120 e. The Morgan fingerprint density at radius 1 is 1.44 bits per heavy atom. The van der Waals surface area contributed by atoms with Crippen LogP contribution in [0.4, 0.5) is 0 Å². The molecule has 2 unspecified atom stereocenters. The third-order valence-electron chi connectivity index (χ3n) is 2.74. The maximum atomic E-state index is 9.48. The molecule has 3 heteroatoms. The number of benzene rings is 1. The third-order valence-corrected chi connectivity index (χ3v) is 2.74. The lowest BCUT2D eigenvalue weighted by atomic mass is 10.0. The van der Waals surface area contributed by atoms with Crippen LogP contribution in [-0.2, 0) is 0 Å². The van der Waals surface area contributed by atoms with E-state index in [1.165, 1.54) is 5.56 Å². The molecule has 1 aliphatic rings. The minimum absolute atomic E-state index is 0.192. The molecule has 2 atom stereocenters.